The summed E-state index contributed by atoms with van der Waals surface area (Å²) in [6, 6.07) is 20.9. The largest absolute Gasteiger partial charge is 0.385 e. The van der Waals surface area contributed by atoms with Crippen LogP contribution < -0.4 is 16.0 Å². The second-order valence-electron chi connectivity index (χ2n) is 8.96. The van der Waals surface area contributed by atoms with Crippen molar-refractivity contribution in [1.29, 1.82) is 0 Å². The van der Waals surface area contributed by atoms with Crippen molar-refractivity contribution in [1.82, 2.24) is 20.2 Å². The number of amides is 2. The number of benzene rings is 2. The zero-order valence-electron chi connectivity index (χ0n) is 20.4. The van der Waals surface area contributed by atoms with E-state index in [0.29, 0.717) is 56.5 Å². The molecule has 0 aliphatic carbocycles. The standard InChI is InChI=1S/C27H32N6O3/c1-20(34)28-14-15-29-23-18-24(32-26(31-23)21-8-4-2-5-9-21)30-25(35)19-33-16-12-27(36,13-17-33)22-10-6-3-7-11-22/h2-11,18,36H,12-17,19H2,1H3,(H,28,34)(H2,29,30,31,32,35). The van der Waals surface area contributed by atoms with E-state index in [1.165, 1.54) is 6.92 Å². The van der Waals surface area contributed by atoms with Crippen LogP contribution in [0.4, 0.5) is 11.6 Å². The first-order valence-electron chi connectivity index (χ1n) is 12.1. The minimum Gasteiger partial charge on any atom is -0.385 e. The summed E-state index contributed by atoms with van der Waals surface area (Å²) in [6.07, 6.45) is 1.14. The molecule has 1 fully saturated rings. The van der Waals surface area contributed by atoms with Crippen LogP contribution in [0.3, 0.4) is 0 Å². The van der Waals surface area contributed by atoms with Crippen LogP contribution in [0.15, 0.2) is 66.7 Å². The third-order valence-corrected chi connectivity index (χ3v) is 6.19. The minimum absolute atomic E-state index is 0.0997. The maximum Gasteiger partial charge on any atom is 0.239 e. The molecule has 188 valence electrons. The molecule has 4 N–H and O–H groups in total. The van der Waals surface area contributed by atoms with Gasteiger partial charge in [-0.05, 0) is 18.4 Å². The highest BCUT2D eigenvalue weighted by Crippen LogP contribution is 2.32. The molecule has 1 aliphatic heterocycles. The van der Waals surface area contributed by atoms with E-state index in [2.05, 4.69) is 25.9 Å². The molecule has 0 saturated carbocycles. The van der Waals surface area contributed by atoms with Gasteiger partial charge in [0.15, 0.2) is 5.82 Å². The van der Waals surface area contributed by atoms with Gasteiger partial charge in [-0.3, -0.25) is 14.5 Å². The molecule has 0 spiro atoms. The average molecular weight is 489 g/mol. The fraction of sp³-hybridized carbons (Fsp3) is 0.333. The van der Waals surface area contributed by atoms with Crippen molar-refractivity contribution in [3.8, 4) is 11.4 Å². The average Bonchev–Trinajstić information content (AvgIpc) is 2.89. The Hall–Kier alpha value is -3.82. The summed E-state index contributed by atoms with van der Waals surface area (Å²) in [4.78, 5) is 35.1. The van der Waals surface area contributed by atoms with E-state index in [9.17, 15) is 14.7 Å². The molecule has 36 heavy (non-hydrogen) atoms. The van der Waals surface area contributed by atoms with Gasteiger partial charge in [-0.25, -0.2) is 9.97 Å². The highest BCUT2D eigenvalue weighted by atomic mass is 16.3. The fourth-order valence-electron chi connectivity index (χ4n) is 4.25. The molecule has 2 amide bonds. The van der Waals surface area contributed by atoms with Gasteiger partial charge in [0.1, 0.15) is 11.6 Å². The first-order valence-corrected chi connectivity index (χ1v) is 12.1. The lowest BCUT2D eigenvalue weighted by molar-refractivity contribution is -0.119. The van der Waals surface area contributed by atoms with Gasteiger partial charge in [-0.2, -0.15) is 0 Å². The molecular weight excluding hydrogens is 456 g/mol. The molecule has 9 heteroatoms. The molecule has 4 rings (SSSR count). The topological polar surface area (TPSA) is 119 Å². The molecule has 0 unspecified atom stereocenters. The maximum atomic E-state index is 12.9. The smallest absolute Gasteiger partial charge is 0.239 e. The van der Waals surface area contributed by atoms with E-state index in [1.807, 2.05) is 65.6 Å². The van der Waals surface area contributed by atoms with Crippen molar-refractivity contribution < 1.29 is 14.7 Å². The van der Waals surface area contributed by atoms with Crippen LogP contribution in [0.25, 0.3) is 11.4 Å². The second kappa shape index (κ2) is 11.7. The molecule has 1 aromatic heterocycles. The summed E-state index contributed by atoms with van der Waals surface area (Å²) in [5, 5.41) is 19.8. The van der Waals surface area contributed by atoms with Crippen LogP contribution in [0.1, 0.15) is 25.3 Å². The monoisotopic (exact) mass is 488 g/mol. The number of piperidine rings is 1. The van der Waals surface area contributed by atoms with E-state index in [0.717, 1.165) is 11.1 Å². The highest BCUT2D eigenvalue weighted by molar-refractivity contribution is 5.92. The Morgan fingerprint density at radius 2 is 1.58 bits per heavy atom. The Kier molecular flexibility index (Phi) is 8.24. The first kappa shape index (κ1) is 25.3. The molecule has 1 saturated heterocycles. The molecule has 0 bridgehead atoms. The molecule has 0 radical (unpaired) electrons. The molecule has 3 aromatic rings. The van der Waals surface area contributed by atoms with Crippen LogP contribution in [0, 0.1) is 0 Å². The van der Waals surface area contributed by atoms with Crippen LogP contribution in [0.2, 0.25) is 0 Å². The number of aromatic nitrogens is 2. The Morgan fingerprint density at radius 3 is 2.25 bits per heavy atom. The predicted octanol–water partition coefficient (Wildman–Crippen LogP) is 2.61. The van der Waals surface area contributed by atoms with Crippen molar-refractivity contribution in [3.05, 3.63) is 72.3 Å². The van der Waals surface area contributed by atoms with E-state index in [1.54, 1.807) is 6.07 Å². The predicted molar refractivity (Wildman–Crippen MR) is 139 cm³/mol. The first-order chi connectivity index (χ1) is 17.4. The van der Waals surface area contributed by atoms with E-state index in [4.69, 9.17) is 0 Å². The minimum atomic E-state index is -0.858. The number of anilines is 2. The lowest BCUT2D eigenvalue weighted by Crippen LogP contribution is -2.45. The molecule has 2 heterocycles. The summed E-state index contributed by atoms with van der Waals surface area (Å²) in [6.45, 7) is 3.85. The zero-order chi connectivity index (χ0) is 25.4. The summed E-state index contributed by atoms with van der Waals surface area (Å²) in [7, 11) is 0. The van der Waals surface area contributed by atoms with Gasteiger partial charge >= 0.3 is 0 Å². The summed E-state index contributed by atoms with van der Waals surface area (Å²) in [5.74, 6) is 1.16. The Balaban J connectivity index is 1.39. The number of nitrogens with zero attached hydrogens (tertiary/aromatic N) is 3. The van der Waals surface area contributed by atoms with Gasteiger partial charge in [0, 0.05) is 44.7 Å². The maximum absolute atomic E-state index is 12.9. The number of hydrogen-bond donors (Lipinski definition) is 4. The van der Waals surface area contributed by atoms with Gasteiger partial charge < -0.3 is 21.1 Å². The molecule has 1 aliphatic rings. The lowest BCUT2D eigenvalue weighted by atomic mass is 9.84. The van der Waals surface area contributed by atoms with Crippen molar-refractivity contribution >= 4 is 23.5 Å². The van der Waals surface area contributed by atoms with Gasteiger partial charge in [0.25, 0.3) is 0 Å². The van der Waals surface area contributed by atoms with Crippen molar-refractivity contribution in [3.63, 3.8) is 0 Å². The molecule has 0 atom stereocenters. The zero-order valence-corrected chi connectivity index (χ0v) is 20.4. The number of hydrogen-bond acceptors (Lipinski definition) is 7. The SMILES string of the molecule is CC(=O)NCCNc1cc(NC(=O)CN2CCC(O)(c3ccccc3)CC2)nc(-c2ccccc2)n1. The Morgan fingerprint density at radius 1 is 0.944 bits per heavy atom. The number of aliphatic hydroxyl groups is 1. The second-order valence-corrected chi connectivity index (χ2v) is 8.96. The number of nitrogens with one attached hydrogen (secondary N) is 3. The molecule has 2 aromatic carbocycles. The molecular formula is C27H32N6O3. The quantitative estimate of drug-likeness (QED) is 0.342. The van der Waals surface area contributed by atoms with E-state index in [-0.39, 0.29) is 18.4 Å². The number of carbonyl (C=O) groups excluding carboxylic acids is 2. The van der Waals surface area contributed by atoms with Crippen LogP contribution in [0.5, 0.6) is 0 Å². The summed E-state index contributed by atoms with van der Waals surface area (Å²) < 4.78 is 0. The highest BCUT2D eigenvalue weighted by Gasteiger charge is 2.34. The fourth-order valence-corrected chi connectivity index (χ4v) is 4.25. The number of carbonyl (C=O) groups is 2. The number of likely N-dealkylation sites (tertiary alicyclic amines) is 1. The Labute approximate surface area is 211 Å². The van der Waals surface area contributed by atoms with Crippen LogP contribution >= 0.6 is 0 Å². The van der Waals surface area contributed by atoms with Crippen molar-refractivity contribution in [2.75, 3.05) is 43.4 Å². The Bertz CT molecular complexity index is 1160. The number of rotatable bonds is 9. The normalized spacial score (nSPS) is 15.2. The van der Waals surface area contributed by atoms with E-state index >= 15 is 0 Å². The van der Waals surface area contributed by atoms with Gasteiger partial charge in [0.05, 0.1) is 12.1 Å². The summed E-state index contributed by atoms with van der Waals surface area (Å²) >= 11 is 0. The third-order valence-electron chi connectivity index (χ3n) is 6.19. The van der Waals surface area contributed by atoms with Crippen molar-refractivity contribution in [2.45, 2.75) is 25.4 Å². The van der Waals surface area contributed by atoms with Gasteiger partial charge in [0.2, 0.25) is 11.8 Å². The van der Waals surface area contributed by atoms with Crippen LogP contribution in [-0.2, 0) is 15.2 Å². The van der Waals surface area contributed by atoms with Gasteiger partial charge in [-0.1, -0.05) is 60.7 Å². The van der Waals surface area contributed by atoms with E-state index < -0.39 is 5.60 Å². The van der Waals surface area contributed by atoms with Crippen molar-refractivity contribution in [2.24, 2.45) is 0 Å². The molecule has 9 nitrogen and oxygen atoms in total. The lowest BCUT2D eigenvalue weighted by Gasteiger charge is -2.38. The third kappa shape index (κ3) is 6.87. The van der Waals surface area contributed by atoms with Gasteiger partial charge in [-0.15, -0.1) is 0 Å². The van der Waals surface area contributed by atoms with Crippen LogP contribution in [-0.4, -0.2) is 64.5 Å². The summed E-state index contributed by atoms with van der Waals surface area (Å²) in [5.41, 5.74) is 0.889.